The molecule has 0 aliphatic rings. The number of aromatic hydroxyl groups is 1. The Morgan fingerprint density at radius 3 is 2.58 bits per heavy atom. The minimum atomic E-state index is 0.245. The highest BCUT2D eigenvalue weighted by Gasteiger charge is 1.86. The van der Waals surface area contributed by atoms with Gasteiger partial charge in [-0.15, -0.1) is 0 Å². The Hall–Kier alpha value is -1.57. The Kier molecular flexibility index (Phi) is 3.08. The fraction of sp³-hybridized carbons (Fsp3) is 0.100. The van der Waals surface area contributed by atoms with Gasteiger partial charge >= 0.3 is 0 Å². The molecule has 1 radical (unpaired) electrons. The SMILES string of the molecule is O=[C]CC=Cc1ccc(O)cc1. The van der Waals surface area contributed by atoms with Crippen molar-refractivity contribution in [3.8, 4) is 5.75 Å². The summed E-state index contributed by atoms with van der Waals surface area (Å²) in [5.41, 5.74) is 0.961. The minimum Gasteiger partial charge on any atom is -0.508 e. The van der Waals surface area contributed by atoms with E-state index in [2.05, 4.69) is 0 Å². The number of rotatable bonds is 3. The summed E-state index contributed by atoms with van der Waals surface area (Å²) in [7, 11) is 0. The molecule has 0 unspecified atom stereocenters. The summed E-state index contributed by atoms with van der Waals surface area (Å²) in [5, 5.41) is 8.94. The van der Waals surface area contributed by atoms with Crippen LogP contribution in [0.5, 0.6) is 5.75 Å². The maximum atomic E-state index is 9.83. The van der Waals surface area contributed by atoms with Crippen LogP contribution >= 0.6 is 0 Å². The van der Waals surface area contributed by atoms with Gasteiger partial charge in [0.25, 0.3) is 0 Å². The predicted molar refractivity (Wildman–Crippen MR) is 47.5 cm³/mol. The average molecular weight is 161 g/mol. The lowest BCUT2D eigenvalue weighted by molar-refractivity contribution is 0.475. The van der Waals surface area contributed by atoms with E-state index in [1.54, 1.807) is 36.6 Å². The van der Waals surface area contributed by atoms with Gasteiger partial charge in [0, 0.05) is 6.42 Å². The van der Waals surface area contributed by atoms with Crippen molar-refractivity contribution in [1.82, 2.24) is 0 Å². The van der Waals surface area contributed by atoms with Crippen LogP contribution in [0.15, 0.2) is 30.3 Å². The fourth-order valence-electron chi connectivity index (χ4n) is 0.829. The third-order valence-electron chi connectivity index (χ3n) is 1.40. The monoisotopic (exact) mass is 161 g/mol. The topological polar surface area (TPSA) is 37.3 Å². The van der Waals surface area contributed by atoms with Crippen LogP contribution in [0.3, 0.4) is 0 Å². The highest BCUT2D eigenvalue weighted by molar-refractivity contribution is 5.58. The summed E-state index contributed by atoms with van der Waals surface area (Å²) in [4.78, 5) is 9.83. The highest BCUT2D eigenvalue weighted by Crippen LogP contribution is 2.10. The first kappa shape index (κ1) is 8.53. The van der Waals surface area contributed by atoms with Gasteiger partial charge in [-0.3, -0.25) is 4.79 Å². The van der Waals surface area contributed by atoms with E-state index in [-0.39, 0.29) is 5.75 Å². The summed E-state index contributed by atoms with van der Waals surface area (Å²) in [6.07, 6.45) is 5.60. The Balaban J connectivity index is 2.64. The van der Waals surface area contributed by atoms with Crippen LogP contribution in [-0.2, 0) is 4.79 Å². The van der Waals surface area contributed by atoms with Gasteiger partial charge in [-0.2, -0.15) is 0 Å². The smallest absolute Gasteiger partial charge is 0.202 e. The maximum absolute atomic E-state index is 9.83. The van der Waals surface area contributed by atoms with Crippen molar-refractivity contribution < 1.29 is 9.90 Å². The third kappa shape index (κ3) is 2.58. The second kappa shape index (κ2) is 4.34. The van der Waals surface area contributed by atoms with Crippen LogP contribution in [0, 0.1) is 0 Å². The van der Waals surface area contributed by atoms with Crippen molar-refractivity contribution >= 4 is 12.4 Å². The van der Waals surface area contributed by atoms with E-state index >= 15 is 0 Å². The van der Waals surface area contributed by atoms with Crippen molar-refractivity contribution in [2.75, 3.05) is 0 Å². The lowest BCUT2D eigenvalue weighted by atomic mass is 10.2. The van der Waals surface area contributed by atoms with Crippen LogP contribution in [0.1, 0.15) is 12.0 Å². The van der Waals surface area contributed by atoms with Gasteiger partial charge < -0.3 is 5.11 Å². The van der Waals surface area contributed by atoms with Gasteiger partial charge in [0.1, 0.15) is 5.75 Å². The Morgan fingerprint density at radius 2 is 2.00 bits per heavy atom. The van der Waals surface area contributed by atoms with Crippen LogP contribution in [0.4, 0.5) is 0 Å². The molecule has 0 amide bonds. The number of allylic oxidation sites excluding steroid dienone is 1. The molecule has 0 aromatic heterocycles. The van der Waals surface area contributed by atoms with E-state index in [4.69, 9.17) is 5.11 Å². The first-order valence-electron chi connectivity index (χ1n) is 3.63. The summed E-state index contributed by atoms with van der Waals surface area (Å²) >= 11 is 0. The molecule has 0 saturated carbocycles. The van der Waals surface area contributed by atoms with Gasteiger partial charge in [0.2, 0.25) is 6.29 Å². The second-order valence-corrected chi connectivity index (χ2v) is 2.34. The number of hydrogen-bond acceptors (Lipinski definition) is 2. The molecule has 2 nitrogen and oxygen atoms in total. The summed E-state index contributed by atoms with van der Waals surface area (Å²) in [6.45, 7) is 0. The molecular formula is C10H9O2. The first-order chi connectivity index (χ1) is 5.83. The summed E-state index contributed by atoms with van der Waals surface area (Å²) in [6, 6.07) is 6.75. The molecule has 1 rings (SSSR count). The van der Waals surface area contributed by atoms with Crippen molar-refractivity contribution in [1.29, 1.82) is 0 Å². The highest BCUT2D eigenvalue weighted by atomic mass is 16.3. The van der Waals surface area contributed by atoms with Crippen LogP contribution in [-0.4, -0.2) is 11.4 Å². The zero-order chi connectivity index (χ0) is 8.81. The number of carbonyl (C=O) groups excluding carboxylic acids is 1. The number of hydrogen-bond donors (Lipinski definition) is 1. The van der Waals surface area contributed by atoms with E-state index in [9.17, 15) is 4.79 Å². The van der Waals surface area contributed by atoms with Crippen molar-refractivity contribution in [2.24, 2.45) is 0 Å². The first-order valence-corrected chi connectivity index (χ1v) is 3.63. The Labute approximate surface area is 71.2 Å². The van der Waals surface area contributed by atoms with Crippen molar-refractivity contribution in [3.63, 3.8) is 0 Å². The van der Waals surface area contributed by atoms with Gasteiger partial charge in [-0.25, -0.2) is 0 Å². The molecule has 1 N–H and O–H groups in total. The lowest BCUT2D eigenvalue weighted by Crippen LogP contribution is -1.71. The largest absolute Gasteiger partial charge is 0.508 e. The molecule has 0 saturated heterocycles. The molecule has 0 heterocycles. The summed E-state index contributed by atoms with van der Waals surface area (Å²) < 4.78 is 0. The molecule has 0 bridgehead atoms. The Bertz CT molecular complexity index is 272. The van der Waals surface area contributed by atoms with Gasteiger partial charge in [-0.1, -0.05) is 24.3 Å². The number of phenols is 1. The van der Waals surface area contributed by atoms with E-state index in [1.807, 2.05) is 6.08 Å². The van der Waals surface area contributed by atoms with Gasteiger partial charge in [-0.05, 0) is 17.7 Å². The molecule has 61 valence electrons. The predicted octanol–water partition coefficient (Wildman–Crippen LogP) is 1.91. The average Bonchev–Trinajstić information content (AvgIpc) is 2.09. The van der Waals surface area contributed by atoms with Crippen molar-refractivity contribution in [3.05, 3.63) is 35.9 Å². The zero-order valence-corrected chi connectivity index (χ0v) is 6.53. The molecule has 0 fully saturated rings. The molecule has 1 aromatic rings. The second-order valence-electron chi connectivity index (χ2n) is 2.34. The molecule has 2 heteroatoms. The maximum Gasteiger partial charge on any atom is 0.202 e. The number of phenolic OH excluding ortho intramolecular Hbond substituents is 1. The molecule has 0 aliphatic carbocycles. The van der Waals surface area contributed by atoms with Crippen LogP contribution < -0.4 is 0 Å². The van der Waals surface area contributed by atoms with E-state index in [1.165, 1.54) is 0 Å². The van der Waals surface area contributed by atoms with Crippen molar-refractivity contribution in [2.45, 2.75) is 6.42 Å². The normalized spacial score (nSPS) is 10.3. The molecular weight excluding hydrogens is 152 g/mol. The molecule has 0 spiro atoms. The molecule has 12 heavy (non-hydrogen) atoms. The third-order valence-corrected chi connectivity index (χ3v) is 1.40. The number of benzene rings is 1. The Morgan fingerprint density at radius 1 is 1.33 bits per heavy atom. The summed E-state index contributed by atoms with van der Waals surface area (Å²) in [5.74, 6) is 0.245. The zero-order valence-electron chi connectivity index (χ0n) is 6.53. The van der Waals surface area contributed by atoms with E-state index < -0.39 is 0 Å². The van der Waals surface area contributed by atoms with E-state index in [0.29, 0.717) is 6.42 Å². The fourth-order valence-corrected chi connectivity index (χ4v) is 0.829. The lowest BCUT2D eigenvalue weighted by Gasteiger charge is -1.92. The van der Waals surface area contributed by atoms with Gasteiger partial charge in [0.05, 0.1) is 0 Å². The molecule has 0 atom stereocenters. The van der Waals surface area contributed by atoms with Crippen LogP contribution in [0.2, 0.25) is 0 Å². The minimum absolute atomic E-state index is 0.245. The van der Waals surface area contributed by atoms with Crippen LogP contribution in [0.25, 0.3) is 6.08 Å². The van der Waals surface area contributed by atoms with E-state index in [0.717, 1.165) is 5.56 Å². The quantitative estimate of drug-likeness (QED) is 0.735. The molecule has 0 aliphatic heterocycles. The van der Waals surface area contributed by atoms with Gasteiger partial charge in [0.15, 0.2) is 0 Å². The molecule has 1 aromatic carbocycles. The standard InChI is InChI=1S/C10H9O2/c11-8-2-1-3-9-4-6-10(12)7-5-9/h1,3-7,12H,2H2.